The minimum Gasteiger partial charge on any atom is -0.872 e. The van der Waals surface area contributed by atoms with Crippen LogP contribution in [0.4, 0.5) is 0 Å². The van der Waals surface area contributed by atoms with Gasteiger partial charge < -0.3 is 19.6 Å². The van der Waals surface area contributed by atoms with Crippen LogP contribution in [-0.2, 0) is 21.4 Å². The molecule has 4 rings (SSSR count). The number of hydrogen-bond donors (Lipinski definition) is 1. The third-order valence-electron chi connectivity index (χ3n) is 7.71. The summed E-state index contributed by atoms with van der Waals surface area (Å²) in [5, 5.41) is 13.8. The molecule has 0 aromatic heterocycles. The van der Waals surface area contributed by atoms with E-state index in [9.17, 15) is 14.7 Å². The van der Waals surface area contributed by atoms with Crippen molar-refractivity contribution in [3.05, 3.63) is 70.3 Å². The SMILES string of the molecule is CC[NH+](CC)CCCN1C(=O)C(=O)C(=C([O-])c2ccc3c(c2)CC(C)O3)C1c1ccc(C(C)(C)C)cc1. The van der Waals surface area contributed by atoms with Gasteiger partial charge in [0.2, 0.25) is 5.78 Å². The molecule has 2 aliphatic rings. The molecule has 0 spiro atoms. The average Bonchev–Trinajstić information content (AvgIpc) is 3.36. The first-order valence-electron chi connectivity index (χ1n) is 13.6. The summed E-state index contributed by atoms with van der Waals surface area (Å²) in [4.78, 5) is 29.7. The van der Waals surface area contributed by atoms with E-state index in [0.717, 1.165) is 54.9 Å². The van der Waals surface area contributed by atoms with Crippen molar-refractivity contribution < 1.29 is 24.3 Å². The molecule has 0 saturated carbocycles. The smallest absolute Gasteiger partial charge is 0.295 e. The number of Topliss-reactive ketones (excluding diaryl/α,β-unsaturated/α-hetero) is 1. The second kappa shape index (κ2) is 10.7. The monoisotopic (exact) mass is 504 g/mol. The summed E-state index contributed by atoms with van der Waals surface area (Å²) in [6.45, 7) is 16.1. The Morgan fingerprint density at radius 2 is 1.76 bits per heavy atom. The topological polar surface area (TPSA) is 74.1 Å². The van der Waals surface area contributed by atoms with Gasteiger partial charge in [-0.05, 0) is 60.6 Å². The Bertz CT molecular complexity index is 1190. The molecule has 0 radical (unpaired) electrons. The molecule has 6 nitrogen and oxygen atoms in total. The van der Waals surface area contributed by atoms with Crippen LogP contribution in [0.25, 0.3) is 5.76 Å². The van der Waals surface area contributed by atoms with Crippen LogP contribution in [-0.4, -0.2) is 48.9 Å². The zero-order valence-electron chi connectivity index (χ0n) is 23.0. The highest BCUT2D eigenvalue weighted by atomic mass is 16.5. The molecule has 1 N–H and O–H groups in total. The lowest BCUT2D eigenvalue weighted by atomic mass is 9.85. The number of hydrogen-bond acceptors (Lipinski definition) is 4. The Hall–Kier alpha value is -3.12. The number of likely N-dealkylation sites (tertiary alicyclic amines) is 1. The maximum Gasteiger partial charge on any atom is 0.295 e. The molecule has 1 amide bonds. The molecule has 1 fully saturated rings. The molecule has 2 atom stereocenters. The maximum absolute atomic E-state index is 13.8. The van der Waals surface area contributed by atoms with Gasteiger partial charge in [0.25, 0.3) is 5.91 Å². The quantitative estimate of drug-likeness (QED) is 0.341. The summed E-state index contributed by atoms with van der Waals surface area (Å²) in [7, 11) is 0. The number of fused-ring (bicyclic) bond motifs is 1. The number of ketones is 1. The van der Waals surface area contributed by atoms with Crippen LogP contribution in [0.3, 0.4) is 0 Å². The summed E-state index contributed by atoms with van der Waals surface area (Å²) in [6, 6.07) is 12.6. The van der Waals surface area contributed by atoms with Crippen LogP contribution in [0.2, 0.25) is 0 Å². The Balaban J connectivity index is 1.75. The number of nitrogens with zero attached hydrogens (tertiary/aromatic N) is 1. The van der Waals surface area contributed by atoms with Gasteiger partial charge in [-0.25, -0.2) is 0 Å². The molecule has 2 heterocycles. The first-order chi connectivity index (χ1) is 17.5. The van der Waals surface area contributed by atoms with Crippen molar-refractivity contribution in [2.24, 2.45) is 0 Å². The Morgan fingerprint density at radius 3 is 2.38 bits per heavy atom. The molecule has 2 aromatic rings. The summed E-state index contributed by atoms with van der Waals surface area (Å²) < 4.78 is 5.78. The van der Waals surface area contributed by atoms with Gasteiger partial charge in [0.05, 0.1) is 25.7 Å². The molecule has 198 valence electrons. The normalized spacial score (nSPS) is 21.0. The molecule has 0 bridgehead atoms. The summed E-state index contributed by atoms with van der Waals surface area (Å²) in [6.07, 6.45) is 1.54. The van der Waals surface area contributed by atoms with Crippen LogP contribution >= 0.6 is 0 Å². The minimum atomic E-state index is -0.685. The summed E-state index contributed by atoms with van der Waals surface area (Å²) in [5.41, 5.74) is 3.36. The Labute approximate surface area is 220 Å². The zero-order chi connectivity index (χ0) is 26.9. The molecule has 2 aliphatic heterocycles. The fraction of sp³-hybridized carbons (Fsp3) is 0.484. The van der Waals surface area contributed by atoms with E-state index in [1.807, 2.05) is 37.3 Å². The number of carbonyl (C=O) groups is 2. The van der Waals surface area contributed by atoms with Crippen molar-refractivity contribution in [1.82, 2.24) is 4.90 Å². The van der Waals surface area contributed by atoms with E-state index >= 15 is 0 Å². The molecule has 37 heavy (non-hydrogen) atoms. The molecule has 0 aliphatic carbocycles. The predicted octanol–water partition coefficient (Wildman–Crippen LogP) is 2.85. The standard InChI is InChI=1S/C31H40N2O4/c1-7-32(8-2)16-9-17-33-27(21-10-13-24(14-11-21)31(4,5)6)26(29(35)30(33)36)28(34)22-12-15-25-23(19-22)18-20(3)37-25/h10-15,19-20,27,34H,7-9,16-18H2,1-6H3. The molecule has 1 saturated heterocycles. The second-order valence-corrected chi connectivity index (χ2v) is 11.4. The van der Waals surface area contributed by atoms with Crippen LogP contribution in [0.5, 0.6) is 5.75 Å². The van der Waals surface area contributed by atoms with Crippen LogP contribution in [0.1, 0.15) is 76.3 Å². The number of quaternary nitrogens is 1. The van der Waals surface area contributed by atoms with Gasteiger partial charge in [-0.1, -0.05) is 56.9 Å². The Morgan fingerprint density at radius 1 is 1.08 bits per heavy atom. The Kier molecular flexibility index (Phi) is 7.79. The number of rotatable bonds is 8. The number of amides is 1. The van der Waals surface area contributed by atoms with E-state index in [2.05, 4.69) is 34.6 Å². The molecular formula is C31H40N2O4. The van der Waals surface area contributed by atoms with Crippen LogP contribution < -0.4 is 14.7 Å². The van der Waals surface area contributed by atoms with E-state index in [4.69, 9.17) is 4.74 Å². The summed E-state index contributed by atoms with van der Waals surface area (Å²) >= 11 is 0. The lowest BCUT2D eigenvalue weighted by Crippen LogP contribution is -3.11. The number of carbonyl (C=O) groups excluding carboxylic acids is 2. The maximum atomic E-state index is 13.8. The van der Waals surface area contributed by atoms with E-state index < -0.39 is 17.7 Å². The van der Waals surface area contributed by atoms with Crippen molar-refractivity contribution in [1.29, 1.82) is 0 Å². The molecule has 2 aromatic carbocycles. The van der Waals surface area contributed by atoms with Gasteiger partial charge in [-0.2, -0.15) is 0 Å². The largest absolute Gasteiger partial charge is 0.872 e. The highest BCUT2D eigenvalue weighted by Crippen LogP contribution is 2.40. The highest BCUT2D eigenvalue weighted by molar-refractivity contribution is 6.46. The third kappa shape index (κ3) is 5.45. The highest BCUT2D eigenvalue weighted by Gasteiger charge is 2.44. The molecule has 6 heteroatoms. The van der Waals surface area contributed by atoms with Gasteiger partial charge in [0.1, 0.15) is 11.9 Å². The van der Waals surface area contributed by atoms with Gasteiger partial charge >= 0.3 is 0 Å². The first-order valence-corrected chi connectivity index (χ1v) is 13.6. The van der Waals surface area contributed by atoms with Crippen LogP contribution in [0, 0.1) is 0 Å². The number of nitrogens with one attached hydrogen (secondary N) is 1. The van der Waals surface area contributed by atoms with Crippen molar-refractivity contribution in [2.75, 3.05) is 26.2 Å². The van der Waals surface area contributed by atoms with Gasteiger partial charge in [0.15, 0.2) is 0 Å². The minimum absolute atomic E-state index is 0.0297. The van der Waals surface area contributed by atoms with E-state index in [0.29, 0.717) is 12.1 Å². The molecular weight excluding hydrogens is 464 g/mol. The van der Waals surface area contributed by atoms with Gasteiger partial charge in [-0.15, -0.1) is 0 Å². The lowest BCUT2D eigenvalue weighted by Gasteiger charge is -2.29. The van der Waals surface area contributed by atoms with Crippen molar-refractivity contribution in [3.63, 3.8) is 0 Å². The third-order valence-corrected chi connectivity index (χ3v) is 7.71. The first kappa shape index (κ1) is 26.9. The number of ether oxygens (including phenoxy) is 1. The lowest BCUT2D eigenvalue weighted by molar-refractivity contribution is -0.896. The average molecular weight is 505 g/mol. The summed E-state index contributed by atoms with van der Waals surface area (Å²) in [5.74, 6) is -0.865. The van der Waals surface area contributed by atoms with Crippen molar-refractivity contribution in [2.45, 2.75) is 71.9 Å². The van der Waals surface area contributed by atoms with Crippen molar-refractivity contribution in [3.8, 4) is 5.75 Å². The van der Waals surface area contributed by atoms with Crippen LogP contribution in [0.15, 0.2) is 48.0 Å². The van der Waals surface area contributed by atoms with E-state index in [-0.39, 0.29) is 22.9 Å². The molecule has 2 unspecified atom stereocenters. The predicted molar refractivity (Wildman–Crippen MR) is 143 cm³/mol. The van der Waals surface area contributed by atoms with Gasteiger partial charge in [0, 0.05) is 25.0 Å². The fourth-order valence-electron chi connectivity index (χ4n) is 5.43. The van der Waals surface area contributed by atoms with Gasteiger partial charge in [-0.3, -0.25) is 9.59 Å². The second-order valence-electron chi connectivity index (χ2n) is 11.4. The zero-order valence-corrected chi connectivity index (χ0v) is 23.0. The van der Waals surface area contributed by atoms with E-state index in [1.54, 1.807) is 17.0 Å². The van der Waals surface area contributed by atoms with E-state index in [1.165, 1.54) is 4.90 Å². The number of benzene rings is 2. The fourth-order valence-corrected chi connectivity index (χ4v) is 5.43. The van der Waals surface area contributed by atoms with Crippen molar-refractivity contribution >= 4 is 17.4 Å².